The Kier molecular flexibility index (Phi) is 6.14. The monoisotopic (exact) mass is 416 g/mol. The molecule has 3 aromatic carbocycles. The molecule has 3 aromatic rings. The highest BCUT2D eigenvalue weighted by molar-refractivity contribution is 5.67. The topological polar surface area (TPSA) is 62.8 Å². The van der Waals surface area contributed by atoms with Gasteiger partial charge in [0.25, 0.3) is 0 Å². The van der Waals surface area contributed by atoms with Crippen molar-refractivity contribution in [2.75, 3.05) is 13.7 Å². The third-order valence-corrected chi connectivity index (χ3v) is 5.46. The van der Waals surface area contributed by atoms with Gasteiger partial charge in [-0.2, -0.15) is 0 Å². The molecule has 0 bridgehead atoms. The number of benzene rings is 3. The van der Waals surface area contributed by atoms with Crippen LogP contribution in [0.1, 0.15) is 41.4 Å². The van der Waals surface area contributed by atoms with Gasteiger partial charge in [0.15, 0.2) is 11.5 Å². The first-order valence-electron chi connectivity index (χ1n) is 10.5. The molecule has 1 heterocycles. The van der Waals surface area contributed by atoms with E-state index in [0.717, 1.165) is 28.1 Å². The number of aromatic hydroxyl groups is 1. The van der Waals surface area contributed by atoms with E-state index in [9.17, 15) is 5.11 Å². The van der Waals surface area contributed by atoms with Gasteiger partial charge in [-0.25, -0.2) is 0 Å². The van der Waals surface area contributed by atoms with Gasteiger partial charge in [0.05, 0.1) is 19.8 Å². The minimum Gasteiger partial charge on any atom is -0.504 e. The van der Waals surface area contributed by atoms with Gasteiger partial charge in [0.2, 0.25) is 0 Å². The molecule has 0 aromatic heterocycles. The summed E-state index contributed by atoms with van der Waals surface area (Å²) in [6, 6.07) is 21.8. The molecule has 3 N–H and O–H groups in total. The van der Waals surface area contributed by atoms with Crippen molar-refractivity contribution in [3.05, 3.63) is 95.1 Å². The van der Waals surface area contributed by atoms with E-state index in [0.29, 0.717) is 12.4 Å². The van der Waals surface area contributed by atoms with E-state index in [2.05, 4.69) is 47.9 Å². The van der Waals surface area contributed by atoms with E-state index in [1.807, 2.05) is 43.3 Å². The molecule has 1 aliphatic rings. The van der Waals surface area contributed by atoms with Gasteiger partial charge in [-0.15, -0.1) is 0 Å². The lowest BCUT2D eigenvalue weighted by Crippen LogP contribution is -2.39. The fourth-order valence-electron chi connectivity index (χ4n) is 3.77. The molecule has 31 heavy (non-hydrogen) atoms. The number of nitrogens with one attached hydrogen (secondary N) is 2. The van der Waals surface area contributed by atoms with Gasteiger partial charge in [-0.05, 0) is 61.4 Å². The maximum Gasteiger partial charge on any atom is 0.162 e. The lowest BCUT2D eigenvalue weighted by atomic mass is 9.97. The van der Waals surface area contributed by atoms with E-state index in [-0.39, 0.29) is 18.0 Å². The molecule has 2 atom stereocenters. The van der Waals surface area contributed by atoms with Crippen molar-refractivity contribution in [1.29, 1.82) is 0 Å². The summed E-state index contributed by atoms with van der Waals surface area (Å²) in [4.78, 5) is 0. The van der Waals surface area contributed by atoms with Crippen LogP contribution in [0.15, 0.2) is 72.8 Å². The first-order valence-corrected chi connectivity index (χ1v) is 10.5. The molecule has 0 aliphatic carbocycles. The fourth-order valence-corrected chi connectivity index (χ4v) is 3.77. The second-order valence-electron chi connectivity index (χ2n) is 7.57. The second kappa shape index (κ2) is 9.14. The average Bonchev–Trinajstić information content (AvgIpc) is 2.81. The van der Waals surface area contributed by atoms with Crippen LogP contribution in [0.2, 0.25) is 0 Å². The first kappa shape index (κ1) is 20.8. The molecule has 0 amide bonds. The van der Waals surface area contributed by atoms with Crippen molar-refractivity contribution in [1.82, 2.24) is 10.6 Å². The SMILES string of the molecule is CCOc1cccc(C2C=C(c3ccc(OC)cc3)NC(c3ccc(C)cc3)N2)c1O. The van der Waals surface area contributed by atoms with Crippen LogP contribution in [0.25, 0.3) is 5.70 Å². The fraction of sp³-hybridized carbons (Fsp3) is 0.231. The van der Waals surface area contributed by atoms with Crippen LogP contribution in [0, 0.1) is 6.92 Å². The zero-order valence-electron chi connectivity index (χ0n) is 18.1. The molecule has 2 unspecified atom stereocenters. The Morgan fingerprint density at radius 3 is 2.39 bits per heavy atom. The number of hydrogen-bond donors (Lipinski definition) is 3. The van der Waals surface area contributed by atoms with Gasteiger partial charge in [0, 0.05) is 11.3 Å². The average molecular weight is 417 g/mol. The largest absolute Gasteiger partial charge is 0.504 e. The molecule has 0 saturated carbocycles. The second-order valence-corrected chi connectivity index (χ2v) is 7.57. The maximum atomic E-state index is 10.9. The van der Waals surface area contributed by atoms with Crippen LogP contribution >= 0.6 is 0 Å². The Bertz CT molecular complexity index is 1060. The van der Waals surface area contributed by atoms with Crippen molar-refractivity contribution >= 4 is 5.70 Å². The zero-order valence-corrected chi connectivity index (χ0v) is 18.1. The van der Waals surface area contributed by atoms with Crippen molar-refractivity contribution in [2.24, 2.45) is 0 Å². The normalized spacial score (nSPS) is 18.1. The van der Waals surface area contributed by atoms with E-state index >= 15 is 0 Å². The summed E-state index contributed by atoms with van der Waals surface area (Å²) in [5.41, 5.74) is 5.14. The van der Waals surface area contributed by atoms with Crippen LogP contribution in [0.4, 0.5) is 0 Å². The van der Waals surface area contributed by atoms with Gasteiger partial charge in [0.1, 0.15) is 11.9 Å². The Morgan fingerprint density at radius 2 is 1.71 bits per heavy atom. The van der Waals surface area contributed by atoms with Crippen LogP contribution in [-0.4, -0.2) is 18.8 Å². The molecule has 0 radical (unpaired) electrons. The van der Waals surface area contributed by atoms with Crippen molar-refractivity contribution in [3.63, 3.8) is 0 Å². The molecule has 0 spiro atoms. The third-order valence-electron chi connectivity index (χ3n) is 5.46. The molecular weight excluding hydrogens is 388 g/mol. The minimum absolute atomic E-state index is 0.122. The summed E-state index contributed by atoms with van der Waals surface area (Å²) in [6.45, 7) is 4.48. The lowest BCUT2D eigenvalue weighted by molar-refractivity contribution is 0.314. The number of phenols is 1. The van der Waals surface area contributed by atoms with E-state index in [1.54, 1.807) is 13.2 Å². The first-order chi connectivity index (χ1) is 15.1. The van der Waals surface area contributed by atoms with Crippen molar-refractivity contribution in [2.45, 2.75) is 26.1 Å². The smallest absolute Gasteiger partial charge is 0.162 e. The Morgan fingerprint density at radius 1 is 0.968 bits per heavy atom. The summed E-state index contributed by atoms with van der Waals surface area (Å²) in [6.07, 6.45) is 1.97. The molecule has 5 heteroatoms. The summed E-state index contributed by atoms with van der Waals surface area (Å²) >= 11 is 0. The van der Waals surface area contributed by atoms with Gasteiger partial charge in [-0.1, -0.05) is 42.0 Å². The summed E-state index contributed by atoms with van der Waals surface area (Å²) in [5.74, 6) is 1.47. The lowest BCUT2D eigenvalue weighted by Gasteiger charge is -2.33. The highest BCUT2D eigenvalue weighted by Crippen LogP contribution is 2.38. The quantitative estimate of drug-likeness (QED) is 0.523. The van der Waals surface area contributed by atoms with Crippen molar-refractivity contribution < 1.29 is 14.6 Å². The predicted molar refractivity (Wildman–Crippen MR) is 123 cm³/mol. The highest BCUT2D eigenvalue weighted by atomic mass is 16.5. The predicted octanol–water partition coefficient (Wildman–Crippen LogP) is 5.08. The number of aryl methyl sites for hydroxylation is 1. The standard InChI is InChI=1S/C26H28N2O3/c1-4-31-24-7-5-6-21(25(24)29)23-16-22(18-12-14-20(30-3)15-13-18)27-26(28-23)19-10-8-17(2)9-11-19/h5-16,23,26-29H,4H2,1-3H3. The molecule has 1 aliphatic heterocycles. The minimum atomic E-state index is -0.204. The molecule has 160 valence electrons. The number of methoxy groups -OCH3 is 1. The van der Waals surface area contributed by atoms with E-state index < -0.39 is 0 Å². The number of ether oxygens (including phenoxy) is 2. The van der Waals surface area contributed by atoms with Gasteiger partial charge >= 0.3 is 0 Å². The summed E-state index contributed by atoms with van der Waals surface area (Å²) < 4.78 is 10.9. The van der Waals surface area contributed by atoms with Crippen LogP contribution in [-0.2, 0) is 0 Å². The maximum absolute atomic E-state index is 10.9. The number of rotatable bonds is 6. The third kappa shape index (κ3) is 4.52. The van der Waals surface area contributed by atoms with Crippen LogP contribution in [0.3, 0.4) is 0 Å². The number of phenolic OH excluding ortho intramolecular Hbond substituents is 1. The van der Waals surface area contributed by atoms with Crippen LogP contribution < -0.4 is 20.1 Å². The molecule has 0 saturated heterocycles. The number of hydrogen-bond acceptors (Lipinski definition) is 5. The van der Waals surface area contributed by atoms with Gasteiger partial charge in [-0.3, -0.25) is 5.32 Å². The molecule has 0 fully saturated rings. The highest BCUT2D eigenvalue weighted by Gasteiger charge is 2.26. The van der Waals surface area contributed by atoms with E-state index in [1.165, 1.54) is 5.56 Å². The van der Waals surface area contributed by atoms with Crippen molar-refractivity contribution in [3.8, 4) is 17.2 Å². The Hall–Kier alpha value is -3.44. The Balaban J connectivity index is 1.75. The number of para-hydroxylation sites is 1. The Labute approximate surface area is 183 Å². The molecular formula is C26H28N2O3. The molecule has 4 rings (SSSR count). The van der Waals surface area contributed by atoms with E-state index in [4.69, 9.17) is 9.47 Å². The summed E-state index contributed by atoms with van der Waals surface area (Å²) in [5, 5.41) is 18.1. The van der Waals surface area contributed by atoms with Crippen LogP contribution in [0.5, 0.6) is 17.2 Å². The summed E-state index contributed by atoms with van der Waals surface area (Å²) in [7, 11) is 1.66. The zero-order chi connectivity index (χ0) is 21.8. The molecule has 5 nitrogen and oxygen atoms in total. The van der Waals surface area contributed by atoms with Gasteiger partial charge < -0.3 is 19.9 Å².